The zero-order chi connectivity index (χ0) is 17.5. The summed E-state index contributed by atoms with van der Waals surface area (Å²) in [5, 5.41) is 3.04. The average molecular weight is 338 g/mol. The lowest BCUT2D eigenvalue weighted by atomic mass is 9.96. The minimum Gasteiger partial charge on any atom is -0.494 e. The maximum Gasteiger partial charge on any atom is 0.228 e. The van der Waals surface area contributed by atoms with Crippen LogP contribution in [0.1, 0.15) is 25.3 Å². The van der Waals surface area contributed by atoms with Crippen LogP contribution >= 0.6 is 0 Å². The number of piperidine rings is 1. The third-order valence-corrected chi connectivity index (χ3v) is 4.56. The Balaban J connectivity index is 1.54. The molecule has 1 aliphatic rings. The van der Waals surface area contributed by atoms with E-state index in [0.29, 0.717) is 6.61 Å². The first kappa shape index (κ1) is 17.5. The third kappa shape index (κ3) is 5.07. The lowest BCUT2D eigenvalue weighted by Gasteiger charge is -2.32. The fourth-order valence-electron chi connectivity index (χ4n) is 3.30. The molecule has 4 nitrogen and oxygen atoms in total. The van der Waals surface area contributed by atoms with Gasteiger partial charge >= 0.3 is 0 Å². The minimum absolute atomic E-state index is 0.0454. The van der Waals surface area contributed by atoms with Crippen molar-refractivity contribution in [3.05, 3.63) is 60.2 Å². The van der Waals surface area contributed by atoms with Gasteiger partial charge in [-0.1, -0.05) is 30.3 Å². The molecule has 1 N–H and O–H groups in total. The number of likely N-dealkylation sites (tertiary alicyclic amines) is 1. The molecule has 4 heteroatoms. The van der Waals surface area contributed by atoms with Crippen LogP contribution in [0.4, 0.5) is 5.69 Å². The van der Waals surface area contributed by atoms with Crippen molar-refractivity contribution in [3.63, 3.8) is 0 Å². The van der Waals surface area contributed by atoms with Gasteiger partial charge in [0.25, 0.3) is 0 Å². The van der Waals surface area contributed by atoms with Crippen LogP contribution in [0.15, 0.2) is 54.6 Å². The highest BCUT2D eigenvalue weighted by molar-refractivity contribution is 5.92. The van der Waals surface area contributed by atoms with Gasteiger partial charge in [0.2, 0.25) is 5.91 Å². The fraction of sp³-hybridized carbons (Fsp3) is 0.381. The maximum atomic E-state index is 12.6. The first-order valence-corrected chi connectivity index (χ1v) is 9.04. The van der Waals surface area contributed by atoms with Crippen molar-refractivity contribution in [3.8, 4) is 5.75 Å². The molecular weight excluding hydrogens is 312 g/mol. The van der Waals surface area contributed by atoms with Gasteiger partial charge in [-0.2, -0.15) is 0 Å². The highest BCUT2D eigenvalue weighted by atomic mass is 16.5. The monoisotopic (exact) mass is 338 g/mol. The van der Waals surface area contributed by atoms with E-state index < -0.39 is 0 Å². The zero-order valence-corrected chi connectivity index (χ0v) is 14.8. The number of carbonyl (C=O) groups excluding carboxylic acids is 1. The predicted molar refractivity (Wildman–Crippen MR) is 101 cm³/mol. The van der Waals surface area contributed by atoms with E-state index >= 15 is 0 Å². The Morgan fingerprint density at radius 2 is 1.92 bits per heavy atom. The number of nitrogens with zero attached hydrogens (tertiary/aromatic N) is 1. The van der Waals surface area contributed by atoms with E-state index in [2.05, 4.69) is 34.5 Å². The SMILES string of the molecule is CCOc1ccc(NC(=O)C2CCCN(Cc3ccccc3)C2)cc1. The molecule has 2 aromatic carbocycles. The van der Waals surface area contributed by atoms with Crippen molar-refractivity contribution in [2.45, 2.75) is 26.3 Å². The Morgan fingerprint density at radius 1 is 1.16 bits per heavy atom. The fourth-order valence-corrected chi connectivity index (χ4v) is 3.30. The first-order valence-electron chi connectivity index (χ1n) is 9.04. The Bertz CT molecular complexity index is 670. The molecule has 1 aliphatic heterocycles. The van der Waals surface area contributed by atoms with Crippen LogP contribution in [0, 0.1) is 5.92 Å². The number of ether oxygens (including phenoxy) is 1. The van der Waals surface area contributed by atoms with E-state index in [1.165, 1.54) is 5.56 Å². The number of hydrogen-bond acceptors (Lipinski definition) is 3. The van der Waals surface area contributed by atoms with Crippen molar-refractivity contribution >= 4 is 11.6 Å². The summed E-state index contributed by atoms with van der Waals surface area (Å²) in [6.07, 6.45) is 2.02. The van der Waals surface area contributed by atoms with Gasteiger partial charge in [-0.25, -0.2) is 0 Å². The van der Waals surface area contributed by atoms with Crippen molar-refractivity contribution in [2.75, 3.05) is 25.0 Å². The second-order valence-electron chi connectivity index (χ2n) is 6.51. The topological polar surface area (TPSA) is 41.6 Å². The van der Waals surface area contributed by atoms with Crippen LogP contribution in [-0.4, -0.2) is 30.5 Å². The van der Waals surface area contributed by atoms with Gasteiger partial charge in [-0.15, -0.1) is 0 Å². The van der Waals surface area contributed by atoms with Crippen LogP contribution in [0.25, 0.3) is 0 Å². The summed E-state index contributed by atoms with van der Waals surface area (Å²) in [7, 11) is 0. The first-order chi connectivity index (χ1) is 12.2. The van der Waals surface area contributed by atoms with Gasteiger partial charge in [0.1, 0.15) is 5.75 Å². The molecule has 132 valence electrons. The number of anilines is 1. The molecule has 1 atom stereocenters. The van der Waals surface area contributed by atoms with Crippen LogP contribution in [-0.2, 0) is 11.3 Å². The maximum absolute atomic E-state index is 12.6. The summed E-state index contributed by atoms with van der Waals surface area (Å²) >= 11 is 0. The molecule has 3 rings (SSSR count). The minimum atomic E-state index is 0.0454. The number of hydrogen-bond donors (Lipinski definition) is 1. The summed E-state index contributed by atoms with van der Waals surface area (Å²) in [5.41, 5.74) is 2.13. The Morgan fingerprint density at radius 3 is 2.64 bits per heavy atom. The van der Waals surface area contributed by atoms with Gasteiger partial charge < -0.3 is 10.1 Å². The van der Waals surface area contributed by atoms with Crippen molar-refractivity contribution in [1.82, 2.24) is 4.90 Å². The summed E-state index contributed by atoms with van der Waals surface area (Å²) in [4.78, 5) is 15.0. The molecule has 0 aliphatic carbocycles. The lowest BCUT2D eigenvalue weighted by molar-refractivity contribution is -0.121. The van der Waals surface area contributed by atoms with Crippen molar-refractivity contribution in [1.29, 1.82) is 0 Å². The number of nitrogens with one attached hydrogen (secondary N) is 1. The Labute approximate surface area is 149 Å². The number of carbonyl (C=O) groups is 1. The second kappa shape index (κ2) is 8.67. The van der Waals surface area contributed by atoms with Gasteiger partial charge in [0, 0.05) is 18.8 Å². The molecule has 0 spiro atoms. The quantitative estimate of drug-likeness (QED) is 0.867. The van der Waals surface area contributed by atoms with E-state index in [1.54, 1.807) is 0 Å². The van der Waals surface area contributed by atoms with Gasteiger partial charge in [-0.3, -0.25) is 9.69 Å². The zero-order valence-electron chi connectivity index (χ0n) is 14.8. The Kier molecular flexibility index (Phi) is 6.07. The summed E-state index contributed by atoms with van der Waals surface area (Å²) < 4.78 is 5.43. The third-order valence-electron chi connectivity index (χ3n) is 4.56. The van der Waals surface area contributed by atoms with Gasteiger partial charge in [0.15, 0.2) is 0 Å². The van der Waals surface area contributed by atoms with E-state index in [4.69, 9.17) is 4.74 Å². The van der Waals surface area contributed by atoms with E-state index in [9.17, 15) is 4.79 Å². The van der Waals surface area contributed by atoms with E-state index in [-0.39, 0.29) is 11.8 Å². The summed E-state index contributed by atoms with van der Waals surface area (Å²) in [5.74, 6) is 0.984. The normalized spacial score (nSPS) is 17.9. The molecule has 1 fully saturated rings. The Hall–Kier alpha value is -2.33. The standard InChI is InChI=1S/C21H26N2O2/c1-2-25-20-12-10-19(11-13-20)22-21(24)18-9-6-14-23(16-18)15-17-7-4-3-5-8-17/h3-5,7-8,10-13,18H,2,6,9,14-16H2,1H3,(H,22,24). The summed E-state index contributed by atoms with van der Waals surface area (Å²) in [6, 6.07) is 18.0. The number of amides is 1. The molecule has 1 heterocycles. The van der Waals surface area contributed by atoms with Crippen LogP contribution < -0.4 is 10.1 Å². The molecule has 0 bridgehead atoms. The van der Waals surface area contributed by atoms with Crippen molar-refractivity contribution < 1.29 is 9.53 Å². The van der Waals surface area contributed by atoms with E-state index in [0.717, 1.165) is 43.9 Å². The molecular formula is C21H26N2O2. The second-order valence-corrected chi connectivity index (χ2v) is 6.51. The average Bonchev–Trinajstić information content (AvgIpc) is 2.65. The number of benzene rings is 2. The molecule has 1 amide bonds. The highest BCUT2D eigenvalue weighted by Gasteiger charge is 2.25. The van der Waals surface area contributed by atoms with Crippen molar-refractivity contribution in [2.24, 2.45) is 5.92 Å². The molecule has 0 aromatic heterocycles. The van der Waals surface area contributed by atoms with Crippen LogP contribution in [0.2, 0.25) is 0 Å². The molecule has 0 radical (unpaired) electrons. The molecule has 2 aromatic rings. The van der Waals surface area contributed by atoms with E-state index in [1.807, 2.05) is 37.3 Å². The molecule has 0 saturated carbocycles. The van der Waals surface area contributed by atoms with Crippen LogP contribution in [0.5, 0.6) is 5.75 Å². The summed E-state index contributed by atoms with van der Waals surface area (Å²) in [6.45, 7) is 5.39. The predicted octanol–water partition coefficient (Wildman–Crippen LogP) is 3.94. The highest BCUT2D eigenvalue weighted by Crippen LogP contribution is 2.21. The van der Waals surface area contributed by atoms with Gasteiger partial charge in [0.05, 0.1) is 12.5 Å². The smallest absolute Gasteiger partial charge is 0.228 e. The molecule has 1 saturated heterocycles. The lowest BCUT2D eigenvalue weighted by Crippen LogP contribution is -2.40. The number of rotatable bonds is 6. The van der Waals surface area contributed by atoms with Crippen LogP contribution in [0.3, 0.4) is 0 Å². The van der Waals surface area contributed by atoms with Gasteiger partial charge in [-0.05, 0) is 56.1 Å². The molecule has 1 unspecified atom stereocenters. The largest absolute Gasteiger partial charge is 0.494 e. The molecule has 25 heavy (non-hydrogen) atoms.